The summed E-state index contributed by atoms with van der Waals surface area (Å²) in [4.78, 5) is 14.5. The molecule has 1 aromatic carbocycles. The SMILES string of the molecule is Cc1ccc2c(c1)N(C(=O)C1CNCCO1)CCC2.Cl. The third kappa shape index (κ3) is 2.97. The maximum Gasteiger partial charge on any atom is 0.257 e. The second-order valence-electron chi connectivity index (χ2n) is 5.29. The Morgan fingerprint density at radius 2 is 2.30 bits per heavy atom. The molecule has 1 amide bonds. The molecule has 0 aromatic heterocycles. The molecule has 1 aromatic rings. The highest BCUT2D eigenvalue weighted by molar-refractivity contribution is 5.98. The van der Waals surface area contributed by atoms with E-state index >= 15 is 0 Å². The number of carbonyl (C=O) groups excluding carboxylic acids is 1. The van der Waals surface area contributed by atoms with Crippen molar-refractivity contribution in [1.82, 2.24) is 5.32 Å². The second-order valence-corrected chi connectivity index (χ2v) is 5.29. The van der Waals surface area contributed by atoms with Gasteiger partial charge in [0.25, 0.3) is 5.91 Å². The summed E-state index contributed by atoms with van der Waals surface area (Å²) in [6.45, 7) is 4.94. The van der Waals surface area contributed by atoms with Crippen molar-refractivity contribution in [1.29, 1.82) is 0 Å². The fourth-order valence-electron chi connectivity index (χ4n) is 2.81. The van der Waals surface area contributed by atoms with Crippen LogP contribution < -0.4 is 10.2 Å². The van der Waals surface area contributed by atoms with Crippen LogP contribution >= 0.6 is 12.4 Å². The predicted octanol–water partition coefficient (Wildman–Crippen LogP) is 1.68. The number of halogens is 1. The minimum absolute atomic E-state index is 0. The third-order valence-corrected chi connectivity index (χ3v) is 3.83. The molecular formula is C15H21ClN2O2. The molecule has 4 nitrogen and oxygen atoms in total. The van der Waals surface area contributed by atoms with Gasteiger partial charge in [0.1, 0.15) is 6.10 Å². The Labute approximate surface area is 125 Å². The molecule has 1 fully saturated rings. The van der Waals surface area contributed by atoms with E-state index in [1.54, 1.807) is 0 Å². The number of hydrogen-bond donors (Lipinski definition) is 1. The molecule has 0 aliphatic carbocycles. The lowest BCUT2D eigenvalue weighted by Gasteiger charge is -2.34. The Morgan fingerprint density at radius 1 is 1.45 bits per heavy atom. The summed E-state index contributed by atoms with van der Waals surface area (Å²) >= 11 is 0. The van der Waals surface area contributed by atoms with E-state index in [-0.39, 0.29) is 24.4 Å². The van der Waals surface area contributed by atoms with E-state index in [1.807, 2.05) is 4.90 Å². The smallest absolute Gasteiger partial charge is 0.257 e. The Hall–Kier alpha value is -1.10. The second kappa shape index (κ2) is 6.57. The summed E-state index contributed by atoms with van der Waals surface area (Å²) in [6.07, 6.45) is 1.76. The van der Waals surface area contributed by atoms with Crippen LogP contribution in [0.5, 0.6) is 0 Å². The highest BCUT2D eigenvalue weighted by Gasteiger charge is 2.30. The number of aryl methyl sites for hydroxylation is 2. The number of rotatable bonds is 1. The van der Waals surface area contributed by atoms with E-state index in [0.717, 1.165) is 31.6 Å². The fourth-order valence-corrected chi connectivity index (χ4v) is 2.81. The molecule has 1 unspecified atom stereocenters. The van der Waals surface area contributed by atoms with Crippen molar-refractivity contribution < 1.29 is 9.53 Å². The average Bonchev–Trinajstić information content (AvgIpc) is 2.47. The molecule has 110 valence electrons. The molecule has 1 N–H and O–H groups in total. The highest BCUT2D eigenvalue weighted by Crippen LogP contribution is 2.29. The number of nitrogens with zero attached hydrogens (tertiary/aromatic N) is 1. The molecular weight excluding hydrogens is 276 g/mol. The lowest BCUT2D eigenvalue weighted by molar-refractivity contribution is -0.131. The summed E-state index contributed by atoms with van der Waals surface area (Å²) < 4.78 is 5.58. The lowest BCUT2D eigenvalue weighted by Crippen LogP contribution is -2.50. The maximum absolute atomic E-state index is 12.6. The van der Waals surface area contributed by atoms with Gasteiger partial charge in [-0.1, -0.05) is 12.1 Å². The number of benzene rings is 1. The number of amides is 1. The van der Waals surface area contributed by atoms with Crippen molar-refractivity contribution in [2.24, 2.45) is 0 Å². The van der Waals surface area contributed by atoms with E-state index in [2.05, 4.69) is 30.4 Å². The van der Waals surface area contributed by atoms with Crippen molar-refractivity contribution in [2.45, 2.75) is 25.9 Å². The van der Waals surface area contributed by atoms with Gasteiger partial charge in [0, 0.05) is 25.3 Å². The number of carbonyl (C=O) groups is 1. The standard InChI is InChI=1S/C15H20N2O2.ClH/c1-11-4-5-12-3-2-7-17(13(12)9-11)15(18)14-10-16-6-8-19-14;/h4-5,9,14,16H,2-3,6-8,10H2,1H3;1H. The zero-order chi connectivity index (χ0) is 13.2. The van der Waals surface area contributed by atoms with Gasteiger partial charge in [0.15, 0.2) is 0 Å². The van der Waals surface area contributed by atoms with Crippen LogP contribution in [0.3, 0.4) is 0 Å². The summed E-state index contributed by atoms with van der Waals surface area (Å²) in [5.41, 5.74) is 3.54. The summed E-state index contributed by atoms with van der Waals surface area (Å²) in [7, 11) is 0. The summed E-state index contributed by atoms with van der Waals surface area (Å²) in [5.74, 6) is 0.0961. The van der Waals surface area contributed by atoms with Gasteiger partial charge in [-0.15, -0.1) is 12.4 Å². The number of hydrogen-bond acceptors (Lipinski definition) is 3. The predicted molar refractivity (Wildman–Crippen MR) is 81.7 cm³/mol. The third-order valence-electron chi connectivity index (χ3n) is 3.83. The minimum Gasteiger partial charge on any atom is -0.366 e. The van der Waals surface area contributed by atoms with Crippen molar-refractivity contribution >= 4 is 24.0 Å². The first-order chi connectivity index (χ1) is 9.25. The number of anilines is 1. The Balaban J connectivity index is 0.00000147. The monoisotopic (exact) mass is 296 g/mol. The van der Waals surface area contributed by atoms with Crippen molar-refractivity contribution in [3.63, 3.8) is 0 Å². The first-order valence-electron chi connectivity index (χ1n) is 6.99. The zero-order valence-corrected chi connectivity index (χ0v) is 12.5. The van der Waals surface area contributed by atoms with Gasteiger partial charge in [0.05, 0.1) is 6.61 Å². The van der Waals surface area contributed by atoms with Crippen LogP contribution in [0.1, 0.15) is 17.5 Å². The number of ether oxygens (including phenoxy) is 1. The summed E-state index contributed by atoms with van der Waals surface area (Å²) in [6, 6.07) is 6.37. The van der Waals surface area contributed by atoms with Gasteiger partial charge in [-0.2, -0.15) is 0 Å². The van der Waals surface area contributed by atoms with Crippen LogP contribution in [-0.2, 0) is 16.0 Å². The molecule has 2 aliphatic rings. The molecule has 2 aliphatic heterocycles. The van der Waals surface area contributed by atoms with Crippen LogP contribution in [0.25, 0.3) is 0 Å². The van der Waals surface area contributed by atoms with E-state index in [9.17, 15) is 4.79 Å². The zero-order valence-electron chi connectivity index (χ0n) is 11.7. The van der Waals surface area contributed by atoms with Crippen molar-refractivity contribution in [3.05, 3.63) is 29.3 Å². The number of fused-ring (bicyclic) bond motifs is 1. The molecule has 1 saturated heterocycles. The quantitative estimate of drug-likeness (QED) is 0.857. The molecule has 0 bridgehead atoms. The van der Waals surface area contributed by atoms with Crippen LogP contribution in [-0.4, -0.2) is 38.3 Å². The lowest BCUT2D eigenvalue weighted by atomic mass is 9.99. The first kappa shape index (κ1) is 15.3. The Morgan fingerprint density at radius 3 is 3.05 bits per heavy atom. The van der Waals surface area contributed by atoms with Crippen LogP contribution in [0.2, 0.25) is 0 Å². The Kier molecular flexibility index (Phi) is 5.02. The van der Waals surface area contributed by atoms with Crippen LogP contribution in [0, 0.1) is 6.92 Å². The van der Waals surface area contributed by atoms with Crippen molar-refractivity contribution in [3.8, 4) is 0 Å². The normalized spacial score (nSPS) is 21.9. The van der Waals surface area contributed by atoms with Gasteiger partial charge in [0.2, 0.25) is 0 Å². The van der Waals surface area contributed by atoms with Crippen LogP contribution in [0.4, 0.5) is 5.69 Å². The molecule has 0 spiro atoms. The van der Waals surface area contributed by atoms with Crippen LogP contribution in [0.15, 0.2) is 18.2 Å². The molecule has 20 heavy (non-hydrogen) atoms. The maximum atomic E-state index is 12.6. The average molecular weight is 297 g/mol. The van der Waals surface area contributed by atoms with Gasteiger partial charge >= 0.3 is 0 Å². The molecule has 2 heterocycles. The van der Waals surface area contributed by atoms with Gasteiger partial charge < -0.3 is 15.0 Å². The van der Waals surface area contributed by atoms with E-state index in [1.165, 1.54) is 11.1 Å². The number of morpholine rings is 1. The van der Waals surface area contributed by atoms with Gasteiger partial charge in [-0.25, -0.2) is 0 Å². The van der Waals surface area contributed by atoms with Gasteiger partial charge in [-0.3, -0.25) is 4.79 Å². The topological polar surface area (TPSA) is 41.6 Å². The van der Waals surface area contributed by atoms with E-state index in [0.29, 0.717) is 13.2 Å². The fraction of sp³-hybridized carbons (Fsp3) is 0.533. The summed E-state index contributed by atoms with van der Waals surface area (Å²) in [5, 5.41) is 3.22. The van der Waals surface area contributed by atoms with E-state index in [4.69, 9.17) is 4.74 Å². The minimum atomic E-state index is -0.333. The first-order valence-corrected chi connectivity index (χ1v) is 6.99. The van der Waals surface area contributed by atoms with E-state index < -0.39 is 0 Å². The Bertz CT molecular complexity index is 487. The largest absolute Gasteiger partial charge is 0.366 e. The molecule has 1 atom stereocenters. The molecule has 3 rings (SSSR count). The number of nitrogens with one attached hydrogen (secondary N) is 1. The molecule has 0 radical (unpaired) electrons. The molecule has 5 heteroatoms. The van der Waals surface area contributed by atoms with Gasteiger partial charge in [-0.05, 0) is 37.0 Å². The highest BCUT2D eigenvalue weighted by atomic mass is 35.5. The van der Waals surface area contributed by atoms with Crippen molar-refractivity contribution in [2.75, 3.05) is 31.1 Å². The molecule has 0 saturated carbocycles.